The van der Waals surface area contributed by atoms with Gasteiger partial charge in [-0.05, 0) is 80.2 Å². The van der Waals surface area contributed by atoms with Crippen LogP contribution in [0.15, 0.2) is 114 Å². The van der Waals surface area contributed by atoms with Gasteiger partial charge in [-0.1, -0.05) is 56.3 Å². The van der Waals surface area contributed by atoms with E-state index in [0.29, 0.717) is 5.75 Å². The second-order valence-electron chi connectivity index (χ2n) is 13.2. The molecule has 6 rings (SSSR count). The van der Waals surface area contributed by atoms with E-state index in [9.17, 15) is 15.0 Å². The van der Waals surface area contributed by atoms with Crippen molar-refractivity contribution >= 4 is 23.1 Å². The van der Waals surface area contributed by atoms with E-state index in [1.165, 1.54) is 46.0 Å². The average molecular weight is 602 g/mol. The summed E-state index contributed by atoms with van der Waals surface area (Å²) in [6.45, 7) is 9.02. The van der Waals surface area contributed by atoms with Gasteiger partial charge in [0.25, 0.3) is 0 Å². The fourth-order valence-corrected chi connectivity index (χ4v) is 7.19. The number of allylic oxidation sites excluding steroid dienone is 7. The van der Waals surface area contributed by atoms with Crippen molar-refractivity contribution in [2.45, 2.75) is 57.8 Å². The van der Waals surface area contributed by atoms with Crippen LogP contribution in [0.2, 0.25) is 0 Å². The normalized spacial score (nSPS) is 20.4. The van der Waals surface area contributed by atoms with Crippen molar-refractivity contribution in [1.82, 2.24) is 0 Å². The first-order valence-corrected chi connectivity index (χ1v) is 15.5. The summed E-state index contributed by atoms with van der Waals surface area (Å²) in [5, 5.41) is 19.9. The van der Waals surface area contributed by atoms with E-state index < -0.39 is 5.97 Å². The van der Waals surface area contributed by atoms with E-state index in [-0.39, 0.29) is 22.1 Å². The highest BCUT2D eigenvalue weighted by atomic mass is 16.5. The number of rotatable bonds is 6. The molecule has 45 heavy (non-hydrogen) atoms. The topological polar surface area (TPSA) is 73.0 Å². The van der Waals surface area contributed by atoms with E-state index in [0.717, 1.165) is 36.2 Å². The maximum absolute atomic E-state index is 11.5. The number of phenols is 1. The molecule has 6 nitrogen and oxygen atoms in total. The minimum Gasteiger partial charge on any atom is -0.507 e. The van der Waals surface area contributed by atoms with Crippen molar-refractivity contribution in [3.05, 3.63) is 130 Å². The minimum absolute atomic E-state index is 0.158. The molecule has 2 aliphatic heterocycles. The van der Waals surface area contributed by atoms with Crippen molar-refractivity contribution < 1.29 is 24.3 Å². The lowest BCUT2D eigenvalue weighted by atomic mass is 9.81. The van der Waals surface area contributed by atoms with Crippen molar-refractivity contribution in [3.8, 4) is 11.5 Å². The first kappa shape index (κ1) is 30.2. The van der Waals surface area contributed by atoms with E-state index in [1.54, 1.807) is 6.07 Å². The molecule has 6 heteroatoms. The molecule has 0 saturated carbocycles. The predicted octanol–water partition coefficient (Wildman–Crippen LogP) is 8.41. The molecule has 0 amide bonds. The zero-order valence-electron chi connectivity index (χ0n) is 26.9. The van der Waals surface area contributed by atoms with Crippen LogP contribution in [0.5, 0.6) is 11.5 Å². The predicted molar refractivity (Wildman–Crippen MR) is 180 cm³/mol. The van der Waals surface area contributed by atoms with Gasteiger partial charge in [0.1, 0.15) is 29.9 Å². The number of carbonyl (C=O) groups is 1. The largest absolute Gasteiger partial charge is 0.507 e. The number of anilines is 1. The number of nitrogens with zero attached hydrogens (tertiary/aromatic N) is 2. The van der Waals surface area contributed by atoms with Crippen LogP contribution in [0.4, 0.5) is 11.4 Å². The lowest BCUT2D eigenvalue weighted by Crippen LogP contribution is -2.26. The number of para-hydroxylation sites is 2. The number of fused-ring (bicyclic) bond motifs is 2. The summed E-state index contributed by atoms with van der Waals surface area (Å²) >= 11 is 0. The number of hydrogen-bond donors (Lipinski definition) is 2. The number of likely N-dealkylation sites (N-methyl/N-ethyl adjacent to an activating group) is 1. The number of carboxylic acid groups (broad SMARTS) is 1. The van der Waals surface area contributed by atoms with Gasteiger partial charge in [-0.25, -0.2) is 4.79 Å². The third-order valence-corrected chi connectivity index (χ3v) is 9.66. The summed E-state index contributed by atoms with van der Waals surface area (Å²) in [5.74, 6) is -0.374. The van der Waals surface area contributed by atoms with Crippen molar-refractivity contribution in [2.75, 3.05) is 19.0 Å². The highest BCUT2D eigenvalue weighted by Crippen LogP contribution is 2.47. The van der Waals surface area contributed by atoms with Crippen LogP contribution in [0.3, 0.4) is 0 Å². The molecule has 2 N–H and O–H groups in total. The summed E-state index contributed by atoms with van der Waals surface area (Å²) in [6, 6.07) is 21.4. The van der Waals surface area contributed by atoms with Gasteiger partial charge >= 0.3 is 5.97 Å². The summed E-state index contributed by atoms with van der Waals surface area (Å²) in [4.78, 5) is 13.8. The first-order valence-electron chi connectivity index (χ1n) is 15.5. The molecule has 1 aliphatic carbocycles. The molecule has 0 spiro atoms. The molecule has 3 aromatic carbocycles. The van der Waals surface area contributed by atoms with E-state index >= 15 is 0 Å². The molecule has 2 heterocycles. The smallest absolute Gasteiger partial charge is 0.339 e. The Bertz CT molecular complexity index is 1870. The number of aromatic carboxylic acids is 1. The Morgan fingerprint density at radius 2 is 1.62 bits per heavy atom. The number of aromatic hydroxyl groups is 1. The SMILES string of the molecule is CN1/C(=C/C=C2\CCCC(/C=C/C3=[N+](C)c4ccccc4C3(C)C)=C2Oc2ccc(C(=O)O)c(O)c2)C(C)(C)c2ccccc21. The summed E-state index contributed by atoms with van der Waals surface area (Å²) in [7, 11) is 4.23. The number of ether oxygens (including phenoxy) is 1. The van der Waals surface area contributed by atoms with E-state index in [1.807, 2.05) is 0 Å². The van der Waals surface area contributed by atoms with Gasteiger partial charge in [0.2, 0.25) is 5.69 Å². The van der Waals surface area contributed by atoms with Crippen LogP contribution in [0.25, 0.3) is 0 Å². The lowest BCUT2D eigenvalue weighted by Gasteiger charge is -2.25. The standard InChI is InChI=1S/C39H40N2O4/c1-38(2)29-14-7-9-16-31(29)40(5)34(38)22-18-25-12-11-13-26(36(25)45-27-20-21-28(37(43)44)33(42)24-27)19-23-35-39(3,4)30-15-8-10-17-32(30)41(35)6/h7-10,14-24H,11-13H2,1-6H3,(H-,42,43,44)/p+1. The van der Waals surface area contributed by atoms with E-state index in [2.05, 4.69) is 124 Å². The van der Waals surface area contributed by atoms with Crippen LogP contribution < -0.4 is 9.64 Å². The number of benzene rings is 3. The summed E-state index contributed by atoms with van der Waals surface area (Å²) < 4.78 is 8.81. The zero-order chi connectivity index (χ0) is 32.1. The van der Waals surface area contributed by atoms with Crippen LogP contribution in [-0.2, 0) is 10.8 Å². The molecular weight excluding hydrogens is 560 g/mol. The second kappa shape index (κ2) is 11.3. The minimum atomic E-state index is -1.18. The van der Waals surface area contributed by atoms with Gasteiger partial charge in [-0.15, -0.1) is 0 Å². The summed E-state index contributed by atoms with van der Waals surface area (Å²) in [5.41, 5.74) is 9.05. The molecule has 230 valence electrons. The molecular formula is C39H41N2O4+. The van der Waals surface area contributed by atoms with Gasteiger partial charge < -0.3 is 19.8 Å². The Morgan fingerprint density at radius 3 is 2.31 bits per heavy atom. The lowest BCUT2D eigenvalue weighted by molar-refractivity contribution is -0.401. The van der Waals surface area contributed by atoms with Gasteiger partial charge in [-0.2, -0.15) is 4.58 Å². The van der Waals surface area contributed by atoms with Gasteiger partial charge in [0.05, 0.1) is 5.41 Å². The Hall–Kier alpha value is -4.84. The van der Waals surface area contributed by atoms with Crippen molar-refractivity contribution in [1.29, 1.82) is 0 Å². The maximum Gasteiger partial charge on any atom is 0.339 e. The van der Waals surface area contributed by atoms with Crippen molar-refractivity contribution in [2.24, 2.45) is 0 Å². The fraction of sp³-hybridized carbons (Fsp3) is 0.282. The molecule has 0 aromatic heterocycles. The Morgan fingerprint density at radius 1 is 0.911 bits per heavy atom. The fourth-order valence-electron chi connectivity index (χ4n) is 7.19. The van der Waals surface area contributed by atoms with Crippen LogP contribution >= 0.6 is 0 Å². The molecule has 0 radical (unpaired) electrons. The highest BCUT2D eigenvalue weighted by molar-refractivity contribution is 6.03. The quantitative estimate of drug-likeness (QED) is 0.278. The second-order valence-corrected chi connectivity index (χ2v) is 13.2. The van der Waals surface area contributed by atoms with Crippen LogP contribution in [0.1, 0.15) is 68.4 Å². The van der Waals surface area contributed by atoms with Crippen LogP contribution in [0, 0.1) is 0 Å². The third-order valence-electron chi connectivity index (χ3n) is 9.66. The molecule has 0 saturated heterocycles. The first-order chi connectivity index (χ1) is 21.4. The monoisotopic (exact) mass is 601 g/mol. The summed E-state index contributed by atoms with van der Waals surface area (Å²) in [6.07, 6.45) is 11.4. The van der Waals surface area contributed by atoms with Gasteiger partial charge in [0.15, 0.2) is 5.71 Å². The average Bonchev–Trinajstić information content (AvgIpc) is 3.33. The van der Waals surface area contributed by atoms with Crippen LogP contribution in [-0.4, -0.2) is 40.6 Å². The Balaban J connectivity index is 1.43. The molecule has 0 unspecified atom stereocenters. The highest BCUT2D eigenvalue weighted by Gasteiger charge is 2.42. The third kappa shape index (κ3) is 5.18. The number of hydrogen-bond acceptors (Lipinski definition) is 4. The number of carboxylic acids is 1. The van der Waals surface area contributed by atoms with Crippen molar-refractivity contribution in [3.63, 3.8) is 0 Å². The molecule has 0 bridgehead atoms. The van der Waals surface area contributed by atoms with Gasteiger partial charge in [-0.3, -0.25) is 0 Å². The molecule has 3 aliphatic rings. The van der Waals surface area contributed by atoms with E-state index in [4.69, 9.17) is 4.74 Å². The molecule has 0 atom stereocenters. The Kier molecular flexibility index (Phi) is 7.56. The molecule has 3 aromatic rings. The van der Waals surface area contributed by atoms with Gasteiger partial charge in [0, 0.05) is 47.6 Å². The zero-order valence-corrected chi connectivity index (χ0v) is 26.9. The maximum atomic E-state index is 11.5. The Labute approximate surface area is 265 Å². The molecule has 0 fully saturated rings.